The first-order chi connectivity index (χ1) is 9.60. The van der Waals surface area contributed by atoms with Gasteiger partial charge in [-0.15, -0.1) is 0 Å². The summed E-state index contributed by atoms with van der Waals surface area (Å²) in [5.41, 5.74) is 7.87. The molecule has 0 saturated heterocycles. The van der Waals surface area contributed by atoms with Gasteiger partial charge in [-0.05, 0) is 36.8 Å². The number of pyridine rings is 1. The Morgan fingerprint density at radius 2 is 2.20 bits per heavy atom. The molecule has 20 heavy (non-hydrogen) atoms. The predicted octanol–water partition coefficient (Wildman–Crippen LogP) is 2.83. The van der Waals surface area contributed by atoms with Crippen molar-refractivity contribution in [2.45, 2.75) is 13.5 Å². The van der Waals surface area contributed by atoms with Crippen molar-refractivity contribution in [3.05, 3.63) is 57.7 Å². The van der Waals surface area contributed by atoms with Gasteiger partial charge in [0.05, 0.1) is 5.56 Å². The Bertz CT molecular complexity index is 644. The molecule has 0 saturated carbocycles. The Morgan fingerprint density at radius 3 is 2.90 bits per heavy atom. The number of benzene rings is 1. The molecule has 2 aromatic rings. The third kappa shape index (κ3) is 3.48. The second kappa shape index (κ2) is 6.38. The maximum atomic E-state index is 8.78. The standard InChI is InChI=1S/C14H14BrN3O2/c1-9-5-6-12(13(16)18-19)14(17-9)20-8-10-3-2-4-11(15)7-10/h2-7,19H,8H2,1H3,(H2,16,18). The largest absolute Gasteiger partial charge is 0.472 e. The van der Waals surface area contributed by atoms with Crippen molar-refractivity contribution in [1.82, 2.24) is 4.98 Å². The lowest BCUT2D eigenvalue weighted by molar-refractivity contribution is 0.291. The molecule has 0 aliphatic carbocycles. The topological polar surface area (TPSA) is 80.7 Å². The van der Waals surface area contributed by atoms with Crippen LogP contribution in [0.4, 0.5) is 0 Å². The van der Waals surface area contributed by atoms with Gasteiger partial charge >= 0.3 is 0 Å². The highest BCUT2D eigenvalue weighted by molar-refractivity contribution is 9.10. The Morgan fingerprint density at radius 1 is 1.40 bits per heavy atom. The lowest BCUT2D eigenvalue weighted by Crippen LogP contribution is -2.16. The minimum atomic E-state index is -0.0262. The van der Waals surface area contributed by atoms with Crippen LogP contribution in [0.2, 0.25) is 0 Å². The van der Waals surface area contributed by atoms with Crippen LogP contribution in [0.25, 0.3) is 0 Å². The highest BCUT2D eigenvalue weighted by Gasteiger charge is 2.10. The summed E-state index contributed by atoms with van der Waals surface area (Å²) >= 11 is 3.41. The number of halogens is 1. The first-order valence-electron chi connectivity index (χ1n) is 5.93. The Balaban J connectivity index is 2.22. The molecule has 104 valence electrons. The number of nitrogens with two attached hydrogens (primary N) is 1. The van der Waals surface area contributed by atoms with E-state index in [0.717, 1.165) is 15.7 Å². The van der Waals surface area contributed by atoms with E-state index in [0.29, 0.717) is 18.1 Å². The van der Waals surface area contributed by atoms with Gasteiger partial charge in [0.1, 0.15) is 6.61 Å². The summed E-state index contributed by atoms with van der Waals surface area (Å²) < 4.78 is 6.66. The van der Waals surface area contributed by atoms with Crippen LogP contribution in [0.15, 0.2) is 46.0 Å². The quantitative estimate of drug-likeness (QED) is 0.389. The van der Waals surface area contributed by atoms with E-state index in [1.807, 2.05) is 31.2 Å². The molecule has 0 unspecified atom stereocenters. The van der Waals surface area contributed by atoms with E-state index in [1.54, 1.807) is 12.1 Å². The number of aromatic nitrogens is 1. The molecule has 0 atom stereocenters. The number of amidine groups is 1. The molecular weight excluding hydrogens is 322 g/mol. The van der Waals surface area contributed by atoms with Crippen molar-refractivity contribution in [1.29, 1.82) is 0 Å². The molecule has 1 heterocycles. The fourth-order valence-electron chi connectivity index (χ4n) is 1.67. The van der Waals surface area contributed by atoms with E-state index in [-0.39, 0.29) is 5.84 Å². The minimum Gasteiger partial charge on any atom is -0.472 e. The van der Waals surface area contributed by atoms with Crippen LogP contribution in [0.5, 0.6) is 5.88 Å². The lowest BCUT2D eigenvalue weighted by Gasteiger charge is -2.10. The number of nitrogens with zero attached hydrogens (tertiary/aromatic N) is 2. The number of aryl methyl sites for hydroxylation is 1. The van der Waals surface area contributed by atoms with Crippen LogP contribution >= 0.6 is 15.9 Å². The third-order valence-corrected chi connectivity index (χ3v) is 3.14. The molecule has 2 rings (SSSR count). The maximum Gasteiger partial charge on any atom is 0.225 e. The monoisotopic (exact) mass is 335 g/mol. The number of rotatable bonds is 4. The summed E-state index contributed by atoms with van der Waals surface area (Å²) in [6.45, 7) is 2.20. The van der Waals surface area contributed by atoms with Gasteiger partial charge in [-0.25, -0.2) is 4.98 Å². The second-order valence-corrected chi connectivity index (χ2v) is 5.12. The van der Waals surface area contributed by atoms with Crippen molar-refractivity contribution in [3.63, 3.8) is 0 Å². The zero-order valence-corrected chi connectivity index (χ0v) is 12.5. The van der Waals surface area contributed by atoms with Crippen LogP contribution in [-0.4, -0.2) is 16.0 Å². The van der Waals surface area contributed by atoms with Gasteiger partial charge in [0, 0.05) is 10.2 Å². The summed E-state index contributed by atoms with van der Waals surface area (Å²) in [6.07, 6.45) is 0. The summed E-state index contributed by atoms with van der Waals surface area (Å²) in [5, 5.41) is 11.8. The van der Waals surface area contributed by atoms with Crippen molar-refractivity contribution < 1.29 is 9.94 Å². The van der Waals surface area contributed by atoms with Crippen LogP contribution in [0, 0.1) is 6.92 Å². The molecule has 1 aromatic carbocycles. The zero-order chi connectivity index (χ0) is 14.5. The minimum absolute atomic E-state index is 0.0262. The Hall–Kier alpha value is -2.08. The second-order valence-electron chi connectivity index (χ2n) is 4.21. The van der Waals surface area contributed by atoms with Gasteiger partial charge in [-0.3, -0.25) is 0 Å². The molecule has 0 radical (unpaired) electrons. The van der Waals surface area contributed by atoms with E-state index in [2.05, 4.69) is 26.1 Å². The highest BCUT2D eigenvalue weighted by Crippen LogP contribution is 2.19. The van der Waals surface area contributed by atoms with Crippen LogP contribution in [-0.2, 0) is 6.61 Å². The fraction of sp³-hybridized carbons (Fsp3) is 0.143. The first kappa shape index (κ1) is 14.3. The predicted molar refractivity (Wildman–Crippen MR) is 80.0 cm³/mol. The highest BCUT2D eigenvalue weighted by atomic mass is 79.9. The summed E-state index contributed by atoms with van der Waals surface area (Å²) in [5.74, 6) is 0.321. The number of oxime groups is 1. The van der Waals surface area contributed by atoms with E-state index >= 15 is 0 Å². The molecular formula is C14H14BrN3O2. The number of ether oxygens (including phenoxy) is 1. The number of hydrogen-bond acceptors (Lipinski definition) is 4. The van der Waals surface area contributed by atoms with E-state index in [1.165, 1.54) is 0 Å². The van der Waals surface area contributed by atoms with Gasteiger partial charge < -0.3 is 15.7 Å². The summed E-state index contributed by atoms with van der Waals surface area (Å²) in [6, 6.07) is 11.3. The molecule has 0 spiro atoms. The van der Waals surface area contributed by atoms with Crippen molar-refractivity contribution in [2.75, 3.05) is 0 Å². The average molecular weight is 336 g/mol. The molecule has 3 N–H and O–H groups in total. The molecule has 1 aromatic heterocycles. The Labute approximate surface area is 125 Å². The summed E-state index contributed by atoms with van der Waals surface area (Å²) in [7, 11) is 0. The molecule has 5 nitrogen and oxygen atoms in total. The molecule has 0 amide bonds. The van der Waals surface area contributed by atoms with Crippen LogP contribution < -0.4 is 10.5 Å². The van der Waals surface area contributed by atoms with Crippen molar-refractivity contribution in [3.8, 4) is 5.88 Å². The molecule has 0 fully saturated rings. The van der Waals surface area contributed by atoms with Gasteiger partial charge in [-0.2, -0.15) is 0 Å². The van der Waals surface area contributed by atoms with E-state index in [4.69, 9.17) is 15.7 Å². The van der Waals surface area contributed by atoms with Crippen molar-refractivity contribution >= 4 is 21.8 Å². The lowest BCUT2D eigenvalue weighted by atomic mass is 10.2. The van der Waals surface area contributed by atoms with E-state index in [9.17, 15) is 0 Å². The molecule has 6 heteroatoms. The zero-order valence-electron chi connectivity index (χ0n) is 10.9. The van der Waals surface area contributed by atoms with Crippen molar-refractivity contribution in [2.24, 2.45) is 10.9 Å². The summed E-state index contributed by atoms with van der Waals surface area (Å²) in [4.78, 5) is 4.27. The molecule has 0 aliphatic heterocycles. The number of hydrogen-bond donors (Lipinski definition) is 2. The smallest absolute Gasteiger partial charge is 0.225 e. The third-order valence-electron chi connectivity index (χ3n) is 2.65. The van der Waals surface area contributed by atoms with Gasteiger partial charge in [0.2, 0.25) is 5.88 Å². The first-order valence-corrected chi connectivity index (χ1v) is 6.72. The maximum absolute atomic E-state index is 8.78. The molecule has 0 bridgehead atoms. The van der Waals surface area contributed by atoms with Gasteiger partial charge in [0.25, 0.3) is 0 Å². The van der Waals surface area contributed by atoms with Crippen LogP contribution in [0.1, 0.15) is 16.8 Å². The van der Waals surface area contributed by atoms with Crippen LogP contribution in [0.3, 0.4) is 0 Å². The van der Waals surface area contributed by atoms with Gasteiger partial charge in [-0.1, -0.05) is 33.2 Å². The average Bonchev–Trinajstić information content (AvgIpc) is 2.44. The SMILES string of the molecule is Cc1ccc(/C(N)=N/O)c(OCc2cccc(Br)c2)n1. The normalized spacial score (nSPS) is 11.4. The fourth-order valence-corrected chi connectivity index (χ4v) is 2.12. The van der Waals surface area contributed by atoms with Gasteiger partial charge in [0.15, 0.2) is 5.84 Å². The Kier molecular flexibility index (Phi) is 4.57. The van der Waals surface area contributed by atoms with E-state index < -0.39 is 0 Å². The molecule has 0 aliphatic rings.